The van der Waals surface area contributed by atoms with E-state index in [1.54, 1.807) is 0 Å². The molecule has 0 spiro atoms. The summed E-state index contributed by atoms with van der Waals surface area (Å²) in [6, 6.07) is 7.47. The number of hydrogen-bond acceptors (Lipinski definition) is 5. The number of aromatic nitrogens is 3. The standard InChI is InChI=1S/C13H15BrN4O3/c14-9-2-1-3-10(8-9)21-7-6-18-11(4-5-15)12(13(19)20)16-17-18/h1-3,8H,4-7,15H2,(H,19,20). The van der Waals surface area contributed by atoms with Crippen molar-refractivity contribution < 1.29 is 14.6 Å². The lowest BCUT2D eigenvalue weighted by atomic mass is 10.2. The molecule has 0 aliphatic heterocycles. The molecule has 0 bridgehead atoms. The number of ether oxygens (including phenoxy) is 1. The van der Waals surface area contributed by atoms with E-state index in [2.05, 4.69) is 26.2 Å². The molecule has 2 aromatic rings. The minimum absolute atomic E-state index is 0.0529. The van der Waals surface area contributed by atoms with Gasteiger partial charge < -0.3 is 15.6 Å². The summed E-state index contributed by atoms with van der Waals surface area (Å²) in [5.41, 5.74) is 5.96. The van der Waals surface area contributed by atoms with Crippen LogP contribution in [0, 0.1) is 0 Å². The van der Waals surface area contributed by atoms with Crippen molar-refractivity contribution in [2.45, 2.75) is 13.0 Å². The highest BCUT2D eigenvalue weighted by Crippen LogP contribution is 2.17. The highest BCUT2D eigenvalue weighted by molar-refractivity contribution is 9.10. The molecule has 1 aromatic heterocycles. The van der Waals surface area contributed by atoms with Crippen molar-refractivity contribution in [3.63, 3.8) is 0 Å². The van der Waals surface area contributed by atoms with Gasteiger partial charge in [0.25, 0.3) is 0 Å². The molecule has 1 aromatic carbocycles. The molecule has 8 heteroatoms. The van der Waals surface area contributed by atoms with E-state index in [1.807, 2.05) is 24.3 Å². The van der Waals surface area contributed by atoms with Crippen LogP contribution in [0.3, 0.4) is 0 Å². The number of benzene rings is 1. The number of nitrogens with zero attached hydrogens (tertiary/aromatic N) is 3. The second kappa shape index (κ2) is 7.19. The van der Waals surface area contributed by atoms with E-state index >= 15 is 0 Å². The van der Waals surface area contributed by atoms with Crippen LogP contribution in [0.2, 0.25) is 0 Å². The molecular formula is C13H15BrN4O3. The zero-order valence-electron chi connectivity index (χ0n) is 11.2. The Hall–Kier alpha value is -1.93. The smallest absolute Gasteiger partial charge is 0.358 e. The van der Waals surface area contributed by atoms with E-state index < -0.39 is 5.97 Å². The van der Waals surface area contributed by atoms with Gasteiger partial charge in [0.2, 0.25) is 0 Å². The Labute approximate surface area is 129 Å². The number of carbonyl (C=O) groups is 1. The summed E-state index contributed by atoms with van der Waals surface area (Å²) >= 11 is 3.36. The van der Waals surface area contributed by atoms with Crippen LogP contribution in [0.25, 0.3) is 0 Å². The first-order valence-corrected chi connectivity index (χ1v) is 7.15. The Morgan fingerprint density at radius 1 is 1.48 bits per heavy atom. The first-order valence-electron chi connectivity index (χ1n) is 6.36. The second-order valence-corrected chi connectivity index (χ2v) is 5.17. The Balaban J connectivity index is 2.01. The molecule has 112 valence electrons. The summed E-state index contributed by atoms with van der Waals surface area (Å²) in [6.07, 6.45) is 0.408. The van der Waals surface area contributed by atoms with Crippen molar-refractivity contribution in [2.75, 3.05) is 13.2 Å². The molecule has 7 nitrogen and oxygen atoms in total. The van der Waals surface area contributed by atoms with Crippen LogP contribution < -0.4 is 10.5 Å². The molecule has 21 heavy (non-hydrogen) atoms. The fourth-order valence-electron chi connectivity index (χ4n) is 1.87. The van der Waals surface area contributed by atoms with E-state index in [0.29, 0.717) is 31.8 Å². The normalized spacial score (nSPS) is 10.6. The predicted octanol–water partition coefficient (Wildman–Crippen LogP) is 1.32. The summed E-state index contributed by atoms with van der Waals surface area (Å²) in [5, 5.41) is 16.6. The molecule has 0 amide bonds. The van der Waals surface area contributed by atoms with Gasteiger partial charge in [0, 0.05) is 10.9 Å². The number of halogens is 1. The van der Waals surface area contributed by atoms with Crippen LogP contribution in [0.5, 0.6) is 5.75 Å². The maximum Gasteiger partial charge on any atom is 0.358 e. The molecule has 0 unspecified atom stereocenters. The van der Waals surface area contributed by atoms with Crippen LogP contribution in [0.1, 0.15) is 16.2 Å². The summed E-state index contributed by atoms with van der Waals surface area (Å²) in [7, 11) is 0. The molecule has 3 N–H and O–H groups in total. The Morgan fingerprint density at radius 2 is 2.29 bits per heavy atom. The van der Waals surface area contributed by atoms with Gasteiger partial charge >= 0.3 is 5.97 Å². The lowest BCUT2D eigenvalue weighted by molar-refractivity contribution is 0.0689. The highest BCUT2D eigenvalue weighted by Gasteiger charge is 2.18. The van der Waals surface area contributed by atoms with Gasteiger partial charge in [-0.1, -0.05) is 27.2 Å². The van der Waals surface area contributed by atoms with Crippen LogP contribution in [0.15, 0.2) is 28.7 Å². The van der Waals surface area contributed by atoms with Crippen LogP contribution in [0.4, 0.5) is 0 Å². The first-order chi connectivity index (χ1) is 10.1. The van der Waals surface area contributed by atoms with Gasteiger partial charge in [0.05, 0.1) is 12.2 Å². The van der Waals surface area contributed by atoms with E-state index in [0.717, 1.165) is 10.2 Å². The number of carboxylic acid groups (broad SMARTS) is 1. The summed E-state index contributed by atoms with van der Waals surface area (Å²) in [6.45, 7) is 1.10. The summed E-state index contributed by atoms with van der Waals surface area (Å²) in [4.78, 5) is 11.0. The van der Waals surface area contributed by atoms with E-state index in [4.69, 9.17) is 15.6 Å². The molecule has 0 atom stereocenters. The van der Waals surface area contributed by atoms with Gasteiger partial charge in [-0.3, -0.25) is 0 Å². The van der Waals surface area contributed by atoms with Gasteiger partial charge in [-0.2, -0.15) is 0 Å². The van der Waals surface area contributed by atoms with Crippen molar-refractivity contribution in [3.05, 3.63) is 40.1 Å². The summed E-state index contributed by atoms with van der Waals surface area (Å²) < 4.78 is 8.05. The minimum atomic E-state index is -1.10. The third-order valence-electron chi connectivity index (χ3n) is 2.79. The minimum Gasteiger partial charge on any atom is -0.492 e. The monoisotopic (exact) mass is 354 g/mol. The van der Waals surface area contributed by atoms with Crippen molar-refractivity contribution in [1.82, 2.24) is 15.0 Å². The zero-order chi connectivity index (χ0) is 15.2. The van der Waals surface area contributed by atoms with Crippen LogP contribution >= 0.6 is 15.9 Å². The van der Waals surface area contributed by atoms with Gasteiger partial charge in [-0.05, 0) is 24.7 Å². The molecule has 1 heterocycles. The van der Waals surface area contributed by atoms with E-state index in [-0.39, 0.29) is 5.69 Å². The molecule has 0 saturated carbocycles. The molecular weight excluding hydrogens is 340 g/mol. The zero-order valence-corrected chi connectivity index (χ0v) is 12.8. The topological polar surface area (TPSA) is 103 Å². The maximum atomic E-state index is 11.0. The van der Waals surface area contributed by atoms with Gasteiger partial charge in [-0.15, -0.1) is 5.10 Å². The van der Waals surface area contributed by atoms with Crippen LogP contribution in [-0.4, -0.2) is 39.2 Å². The Bertz CT molecular complexity index is 630. The quantitative estimate of drug-likeness (QED) is 0.777. The largest absolute Gasteiger partial charge is 0.492 e. The molecule has 0 aliphatic carbocycles. The predicted molar refractivity (Wildman–Crippen MR) is 79.4 cm³/mol. The van der Waals surface area contributed by atoms with Crippen molar-refractivity contribution >= 4 is 21.9 Å². The average Bonchev–Trinajstić information content (AvgIpc) is 2.83. The Kier molecular flexibility index (Phi) is 5.29. The number of hydrogen-bond donors (Lipinski definition) is 2. The van der Waals surface area contributed by atoms with Crippen molar-refractivity contribution in [3.8, 4) is 5.75 Å². The van der Waals surface area contributed by atoms with Crippen LogP contribution in [-0.2, 0) is 13.0 Å². The fourth-order valence-corrected chi connectivity index (χ4v) is 2.25. The molecule has 0 saturated heterocycles. The highest BCUT2D eigenvalue weighted by atomic mass is 79.9. The SMILES string of the molecule is NCCc1c(C(=O)O)nnn1CCOc1cccc(Br)c1. The lowest BCUT2D eigenvalue weighted by Crippen LogP contribution is -2.16. The number of aromatic carboxylic acids is 1. The first kappa shape index (κ1) is 15.5. The average molecular weight is 355 g/mol. The molecule has 0 fully saturated rings. The van der Waals surface area contributed by atoms with Gasteiger partial charge in [0.15, 0.2) is 5.69 Å². The second-order valence-electron chi connectivity index (χ2n) is 4.26. The van der Waals surface area contributed by atoms with E-state index in [9.17, 15) is 4.79 Å². The third kappa shape index (κ3) is 4.02. The van der Waals surface area contributed by atoms with Gasteiger partial charge in [0.1, 0.15) is 12.4 Å². The molecule has 2 rings (SSSR count). The molecule has 0 aliphatic rings. The van der Waals surface area contributed by atoms with E-state index in [1.165, 1.54) is 4.68 Å². The van der Waals surface area contributed by atoms with Gasteiger partial charge in [-0.25, -0.2) is 9.48 Å². The number of rotatable bonds is 7. The van der Waals surface area contributed by atoms with Crippen molar-refractivity contribution in [1.29, 1.82) is 0 Å². The lowest BCUT2D eigenvalue weighted by Gasteiger charge is -2.08. The van der Waals surface area contributed by atoms with Crippen molar-refractivity contribution in [2.24, 2.45) is 5.73 Å². The molecule has 0 radical (unpaired) electrons. The number of nitrogens with two attached hydrogens (primary N) is 1. The maximum absolute atomic E-state index is 11.0. The number of carboxylic acids is 1. The Morgan fingerprint density at radius 3 is 2.95 bits per heavy atom. The third-order valence-corrected chi connectivity index (χ3v) is 3.28. The summed E-state index contributed by atoms with van der Waals surface area (Å²) in [5.74, 6) is -0.374. The fraction of sp³-hybridized carbons (Fsp3) is 0.308.